The quantitative estimate of drug-likeness (QED) is 0.935. The lowest BCUT2D eigenvalue weighted by Crippen LogP contribution is -2.28. The Morgan fingerprint density at radius 2 is 2.09 bits per heavy atom. The summed E-state index contributed by atoms with van der Waals surface area (Å²) < 4.78 is 1.62. The van der Waals surface area contributed by atoms with E-state index in [1.54, 1.807) is 4.68 Å². The zero-order valence-corrected chi connectivity index (χ0v) is 12.4. The van der Waals surface area contributed by atoms with E-state index in [4.69, 9.17) is 0 Å². The van der Waals surface area contributed by atoms with Crippen LogP contribution in [0.3, 0.4) is 0 Å². The van der Waals surface area contributed by atoms with E-state index in [1.807, 2.05) is 30.3 Å². The first kappa shape index (κ1) is 14.5. The number of carboxylic acids is 1. The highest BCUT2D eigenvalue weighted by atomic mass is 16.4. The minimum absolute atomic E-state index is 0.0139. The van der Waals surface area contributed by atoms with Gasteiger partial charge in [-0.1, -0.05) is 36.4 Å². The van der Waals surface area contributed by atoms with Crippen molar-refractivity contribution >= 4 is 11.5 Å². The fraction of sp³-hybridized carbons (Fsp3) is 0.312. The number of hydrogen-bond donors (Lipinski definition) is 1. The fourth-order valence-corrected chi connectivity index (χ4v) is 2.68. The lowest BCUT2D eigenvalue weighted by atomic mass is 10.0. The number of likely N-dealkylation sites (N-methyl/N-ethyl adjacent to an activating group) is 1. The van der Waals surface area contributed by atoms with Crippen molar-refractivity contribution in [2.75, 3.05) is 19.6 Å². The highest BCUT2D eigenvalue weighted by molar-refractivity contribution is 5.91. The van der Waals surface area contributed by atoms with Gasteiger partial charge in [0.25, 0.3) is 0 Å². The molecule has 6 nitrogen and oxygen atoms in total. The number of rotatable bonds is 4. The highest BCUT2D eigenvalue weighted by Gasteiger charge is 2.24. The standard InChI is InChI=1S/C16H18N4O2/c1-2-19-10-8-12(9-11-19)15-14(16(21)22)17-18-20(15)13-6-4-3-5-7-13/h3-8H,2,9-11H2,1H3,(H,21,22). The van der Waals surface area contributed by atoms with Gasteiger partial charge in [-0.3, -0.25) is 4.90 Å². The molecular weight excluding hydrogens is 280 g/mol. The number of aromatic carboxylic acids is 1. The van der Waals surface area contributed by atoms with Crippen molar-refractivity contribution in [2.24, 2.45) is 0 Å². The van der Waals surface area contributed by atoms with Gasteiger partial charge in [-0.25, -0.2) is 9.48 Å². The van der Waals surface area contributed by atoms with Gasteiger partial charge in [-0.2, -0.15) is 0 Å². The number of aromatic nitrogens is 3. The monoisotopic (exact) mass is 298 g/mol. The van der Waals surface area contributed by atoms with E-state index < -0.39 is 5.97 Å². The molecule has 0 fully saturated rings. The van der Waals surface area contributed by atoms with Gasteiger partial charge in [0.05, 0.1) is 5.69 Å². The lowest BCUT2D eigenvalue weighted by Gasteiger charge is -2.25. The average Bonchev–Trinajstić information content (AvgIpc) is 3.01. The second-order valence-corrected chi connectivity index (χ2v) is 5.21. The van der Waals surface area contributed by atoms with Crippen LogP contribution < -0.4 is 0 Å². The predicted octanol–water partition coefficient (Wildman–Crippen LogP) is 2.07. The van der Waals surface area contributed by atoms with Crippen LogP contribution in [0, 0.1) is 0 Å². The summed E-state index contributed by atoms with van der Waals surface area (Å²) in [7, 11) is 0. The van der Waals surface area contributed by atoms with E-state index >= 15 is 0 Å². The summed E-state index contributed by atoms with van der Waals surface area (Å²) in [5.41, 5.74) is 2.42. The maximum absolute atomic E-state index is 11.5. The molecule has 22 heavy (non-hydrogen) atoms. The molecule has 6 heteroatoms. The van der Waals surface area contributed by atoms with Crippen molar-refractivity contribution in [1.29, 1.82) is 0 Å². The fourth-order valence-electron chi connectivity index (χ4n) is 2.68. The van der Waals surface area contributed by atoms with Crippen LogP contribution in [-0.2, 0) is 0 Å². The third-order valence-electron chi connectivity index (χ3n) is 3.92. The van der Waals surface area contributed by atoms with Gasteiger partial charge >= 0.3 is 5.97 Å². The van der Waals surface area contributed by atoms with Gasteiger partial charge in [0.15, 0.2) is 5.69 Å². The van der Waals surface area contributed by atoms with Crippen molar-refractivity contribution in [2.45, 2.75) is 13.3 Å². The molecule has 0 unspecified atom stereocenters. The first-order chi connectivity index (χ1) is 10.7. The molecule has 0 atom stereocenters. The molecule has 1 aromatic carbocycles. The van der Waals surface area contributed by atoms with Crippen LogP contribution in [0.2, 0.25) is 0 Å². The van der Waals surface area contributed by atoms with Gasteiger partial charge in [-0.05, 0) is 30.7 Å². The summed E-state index contributed by atoms with van der Waals surface area (Å²) in [6.07, 6.45) is 2.88. The maximum Gasteiger partial charge on any atom is 0.358 e. The number of carboxylic acid groups (broad SMARTS) is 1. The number of nitrogens with zero attached hydrogens (tertiary/aromatic N) is 4. The second kappa shape index (κ2) is 6.11. The van der Waals surface area contributed by atoms with Gasteiger partial charge in [-0.15, -0.1) is 5.10 Å². The number of hydrogen-bond acceptors (Lipinski definition) is 4. The van der Waals surface area contributed by atoms with Crippen molar-refractivity contribution in [3.63, 3.8) is 0 Å². The molecule has 0 bridgehead atoms. The molecule has 1 aliphatic rings. The van der Waals surface area contributed by atoms with Crippen molar-refractivity contribution in [1.82, 2.24) is 19.9 Å². The second-order valence-electron chi connectivity index (χ2n) is 5.21. The van der Waals surface area contributed by atoms with Crippen LogP contribution in [0.25, 0.3) is 11.3 Å². The van der Waals surface area contributed by atoms with Crippen molar-refractivity contribution in [3.05, 3.63) is 47.8 Å². The molecule has 114 valence electrons. The molecule has 0 radical (unpaired) electrons. The summed E-state index contributed by atoms with van der Waals surface area (Å²) in [6, 6.07) is 9.50. The van der Waals surface area contributed by atoms with Crippen molar-refractivity contribution < 1.29 is 9.90 Å². The SMILES string of the molecule is CCN1CC=C(c2c(C(=O)O)nnn2-c2ccccc2)CC1. The van der Waals surface area contributed by atoms with E-state index in [-0.39, 0.29) is 5.69 Å². The zero-order valence-electron chi connectivity index (χ0n) is 12.4. The lowest BCUT2D eigenvalue weighted by molar-refractivity contribution is 0.0690. The van der Waals surface area contributed by atoms with Gasteiger partial charge in [0.1, 0.15) is 5.69 Å². The van der Waals surface area contributed by atoms with Gasteiger partial charge in [0, 0.05) is 13.1 Å². The minimum atomic E-state index is -1.05. The van der Waals surface area contributed by atoms with E-state index in [1.165, 1.54) is 0 Å². The zero-order chi connectivity index (χ0) is 15.5. The Morgan fingerprint density at radius 3 is 2.68 bits per heavy atom. The summed E-state index contributed by atoms with van der Waals surface area (Å²) in [4.78, 5) is 13.8. The Hall–Kier alpha value is -2.47. The van der Waals surface area contributed by atoms with E-state index in [0.717, 1.165) is 37.3 Å². The van der Waals surface area contributed by atoms with Gasteiger partial charge in [0.2, 0.25) is 0 Å². The summed E-state index contributed by atoms with van der Waals surface area (Å²) >= 11 is 0. The molecule has 2 aromatic rings. The summed E-state index contributed by atoms with van der Waals surface area (Å²) in [5, 5.41) is 17.3. The predicted molar refractivity (Wildman–Crippen MR) is 83.0 cm³/mol. The van der Waals surface area contributed by atoms with Crippen molar-refractivity contribution in [3.8, 4) is 5.69 Å². The highest BCUT2D eigenvalue weighted by Crippen LogP contribution is 2.26. The Morgan fingerprint density at radius 1 is 1.32 bits per heavy atom. The molecule has 1 N–H and O–H groups in total. The number of para-hydroxylation sites is 1. The van der Waals surface area contributed by atoms with Crippen LogP contribution in [0.4, 0.5) is 0 Å². The number of benzene rings is 1. The molecule has 2 heterocycles. The largest absolute Gasteiger partial charge is 0.476 e. The van der Waals surface area contributed by atoms with Crippen LogP contribution in [0.1, 0.15) is 29.5 Å². The average molecular weight is 298 g/mol. The Bertz CT molecular complexity index is 706. The molecule has 0 spiro atoms. The first-order valence-electron chi connectivity index (χ1n) is 7.37. The van der Waals surface area contributed by atoms with Crippen LogP contribution in [0.5, 0.6) is 0 Å². The van der Waals surface area contributed by atoms with E-state index in [9.17, 15) is 9.90 Å². The van der Waals surface area contributed by atoms with E-state index in [2.05, 4.69) is 28.2 Å². The Balaban J connectivity index is 2.07. The molecule has 1 aromatic heterocycles. The normalized spacial score (nSPS) is 15.6. The number of carbonyl (C=O) groups is 1. The molecule has 0 aliphatic carbocycles. The smallest absolute Gasteiger partial charge is 0.358 e. The third-order valence-corrected chi connectivity index (χ3v) is 3.92. The minimum Gasteiger partial charge on any atom is -0.476 e. The Kier molecular flexibility index (Phi) is 4.02. The Labute approximate surface area is 128 Å². The first-order valence-corrected chi connectivity index (χ1v) is 7.37. The molecule has 0 amide bonds. The molecular formula is C16H18N4O2. The van der Waals surface area contributed by atoms with Gasteiger partial charge < -0.3 is 5.11 Å². The molecule has 0 saturated heterocycles. The van der Waals surface area contributed by atoms with E-state index in [0.29, 0.717) is 5.69 Å². The third kappa shape index (κ3) is 2.65. The molecule has 1 aliphatic heterocycles. The molecule has 3 rings (SSSR count). The van der Waals surface area contributed by atoms with Crippen LogP contribution in [0.15, 0.2) is 36.4 Å². The summed E-state index contributed by atoms with van der Waals surface area (Å²) in [5.74, 6) is -1.05. The maximum atomic E-state index is 11.5. The summed E-state index contributed by atoms with van der Waals surface area (Å²) in [6.45, 7) is 4.86. The topological polar surface area (TPSA) is 71.2 Å². The van der Waals surface area contributed by atoms with Crippen LogP contribution in [-0.4, -0.2) is 50.6 Å². The molecule has 0 saturated carbocycles. The van der Waals surface area contributed by atoms with Crippen LogP contribution >= 0.6 is 0 Å².